The van der Waals surface area contributed by atoms with Crippen molar-refractivity contribution < 1.29 is 4.74 Å². The lowest BCUT2D eigenvalue weighted by Crippen LogP contribution is -1.97. The van der Waals surface area contributed by atoms with Crippen molar-refractivity contribution in [2.24, 2.45) is 0 Å². The van der Waals surface area contributed by atoms with Crippen LogP contribution in [0.15, 0.2) is 89.4 Å². The summed E-state index contributed by atoms with van der Waals surface area (Å²) >= 11 is 5.19. The number of benzene rings is 4. The number of aromatic nitrogens is 1. The Morgan fingerprint density at radius 2 is 1.61 bits per heavy atom. The van der Waals surface area contributed by atoms with Crippen LogP contribution in [-0.2, 0) is 6.61 Å². The van der Waals surface area contributed by atoms with Gasteiger partial charge in [0.15, 0.2) is 0 Å². The minimum absolute atomic E-state index is 0.517. The van der Waals surface area contributed by atoms with Crippen LogP contribution in [0.4, 0.5) is 0 Å². The Morgan fingerprint density at radius 1 is 0.821 bits per heavy atom. The van der Waals surface area contributed by atoms with E-state index in [9.17, 15) is 0 Å². The molecule has 1 heterocycles. The third-order valence-electron chi connectivity index (χ3n) is 4.71. The maximum absolute atomic E-state index is 6.27. The van der Waals surface area contributed by atoms with Gasteiger partial charge >= 0.3 is 0 Å². The fraction of sp³-hybridized carbons (Fsp3) is 0.0417. The summed E-state index contributed by atoms with van der Waals surface area (Å²) in [6, 6.07) is 29.0. The first-order chi connectivity index (χ1) is 13.8. The van der Waals surface area contributed by atoms with Crippen LogP contribution in [0.1, 0.15) is 5.56 Å². The number of rotatable bonds is 4. The molecule has 2 nitrogen and oxygen atoms in total. The zero-order valence-corrected chi connectivity index (χ0v) is 17.3. The number of nitrogens with zero attached hydrogens (tertiary/aromatic N) is 1. The van der Waals surface area contributed by atoms with E-state index in [0.717, 1.165) is 37.3 Å². The molecule has 0 aliphatic heterocycles. The quantitative estimate of drug-likeness (QED) is 0.286. The van der Waals surface area contributed by atoms with Gasteiger partial charge in [0.2, 0.25) is 0 Å². The van der Waals surface area contributed by atoms with Crippen LogP contribution in [0.2, 0.25) is 0 Å². The highest BCUT2D eigenvalue weighted by Crippen LogP contribution is 2.41. The van der Waals surface area contributed by atoms with Gasteiger partial charge in [0, 0.05) is 4.47 Å². The summed E-state index contributed by atoms with van der Waals surface area (Å²) in [4.78, 5) is 4.89. The molecule has 4 heteroatoms. The second-order valence-corrected chi connectivity index (χ2v) is 8.51. The van der Waals surface area contributed by atoms with Crippen molar-refractivity contribution in [1.29, 1.82) is 0 Å². The van der Waals surface area contributed by atoms with Crippen molar-refractivity contribution in [2.75, 3.05) is 0 Å². The molecule has 0 spiro atoms. The fourth-order valence-corrected chi connectivity index (χ4v) is 4.61. The third kappa shape index (κ3) is 3.30. The van der Waals surface area contributed by atoms with E-state index in [4.69, 9.17) is 9.72 Å². The standard InChI is InChI=1S/C24H16BrNOS/c25-18-12-9-16(10-13-18)15-27-21-14-11-17-5-1-2-6-19(17)23(21)24-26-20-7-3-4-8-22(20)28-24/h1-14H,15H2. The molecule has 0 aliphatic carbocycles. The fourth-order valence-electron chi connectivity index (χ4n) is 3.31. The highest BCUT2D eigenvalue weighted by Gasteiger charge is 2.15. The monoisotopic (exact) mass is 445 g/mol. The SMILES string of the molecule is Brc1ccc(COc2ccc3ccccc3c2-c2nc3ccccc3s2)cc1. The number of halogens is 1. The average Bonchev–Trinajstić information content (AvgIpc) is 3.16. The van der Waals surface area contributed by atoms with E-state index in [-0.39, 0.29) is 0 Å². The van der Waals surface area contributed by atoms with E-state index in [1.165, 1.54) is 10.1 Å². The van der Waals surface area contributed by atoms with Gasteiger partial charge in [0.1, 0.15) is 17.4 Å². The molecule has 28 heavy (non-hydrogen) atoms. The number of ether oxygens (including phenoxy) is 1. The number of para-hydroxylation sites is 1. The normalized spacial score (nSPS) is 11.2. The maximum atomic E-state index is 6.27. The first kappa shape index (κ1) is 17.4. The van der Waals surface area contributed by atoms with Gasteiger partial charge in [-0.3, -0.25) is 0 Å². The predicted octanol–water partition coefficient (Wildman–Crippen LogP) is 7.46. The lowest BCUT2D eigenvalue weighted by Gasteiger charge is -2.13. The summed E-state index contributed by atoms with van der Waals surface area (Å²) in [6.45, 7) is 0.517. The van der Waals surface area contributed by atoms with Crippen LogP contribution in [-0.4, -0.2) is 4.98 Å². The topological polar surface area (TPSA) is 22.1 Å². The Labute approximate surface area is 175 Å². The van der Waals surface area contributed by atoms with E-state index >= 15 is 0 Å². The Morgan fingerprint density at radius 3 is 2.46 bits per heavy atom. The Balaban J connectivity index is 1.62. The molecular formula is C24H16BrNOS. The molecule has 0 N–H and O–H groups in total. The summed E-state index contributed by atoms with van der Waals surface area (Å²) in [7, 11) is 0. The van der Waals surface area contributed by atoms with E-state index in [1.807, 2.05) is 18.2 Å². The molecule has 1 aromatic heterocycles. The van der Waals surface area contributed by atoms with Crippen molar-refractivity contribution in [3.05, 3.63) is 95.0 Å². The van der Waals surface area contributed by atoms with Crippen molar-refractivity contribution in [3.63, 3.8) is 0 Å². The van der Waals surface area contributed by atoms with Crippen molar-refractivity contribution in [3.8, 4) is 16.3 Å². The number of thiazole rings is 1. The van der Waals surface area contributed by atoms with Crippen LogP contribution in [0.25, 0.3) is 31.6 Å². The molecule has 0 amide bonds. The molecule has 5 rings (SSSR count). The third-order valence-corrected chi connectivity index (χ3v) is 6.29. The lowest BCUT2D eigenvalue weighted by atomic mass is 10.0. The van der Waals surface area contributed by atoms with Crippen LogP contribution in [0.5, 0.6) is 5.75 Å². The summed E-state index contributed by atoms with van der Waals surface area (Å²) in [6.07, 6.45) is 0. The highest BCUT2D eigenvalue weighted by molar-refractivity contribution is 9.10. The highest BCUT2D eigenvalue weighted by atomic mass is 79.9. The van der Waals surface area contributed by atoms with Crippen LogP contribution in [0.3, 0.4) is 0 Å². The van der Waals surface area contributed by atoms with Crippen LogP contribution >= 0.6 is 27.3 Å². The molecule has 0 fully saturated rings. The Kier molecular flexibility index (Phi) is 4.59. The first-order valence-electron chi connectivity index (χ1n) is 9.03. The van der Waals surface area contributed by atoms with Gasteiger partial charge in [-0.25, -0.2) is 4.98 Å². The molecule has 0 saturated carbocycles. The van der Waals surface area contributed by atoms with E-state index in [0.29, 0.717) is 6.61 Å². The molecule has 5 aromatic rings. The van der Waals surface area contributed by atoms with Gasteiger partial charge in [0.25, 0.3) is 0 Å². The van der Waals surface area contributed by atoms with E-state index in [2.05, 4.69) is 82.7 Å². The van der Waals surface area contributed by atoms with Crippen molar-refractivity contribution >= 4 is 48.3 Å². The Bertz CT molecular complexity index is 1240. The van der Waals surface area contributed by atoms with Gasteiger partial charge in [-0.15, -0.1) is 11.3 Å². The van der Waals surface area contributed by atoms with Crippen LogP contribution in [0, 0.1) is 0 Å². The van der Waals surface area contributed by atoms with Gasteiger partial charge in [0.05, 0.1) is 15.8 Å². The lowest BCUT2D eigenvalue weighted by molar-refractivity contribution is 0.308. The summed E-state index contributed by atoms with van der Waals surface area (Å²) in [5.74, 6) is 0.862. The zero-order chi connectivity index (χ0) is 18.9. The minimum atomic E-state index is 0.517. The number of hydrogen-bond donors (Lipinski definition) is 0. The molecule has 0 saturated heterocycles. The molecule has 4 aromatic carbocycles. The second-order valence-electron chi connectivity index (χ2n) is 6.56. The average molecular weight is 446 g/mol. The van der Waals surface area contributed by atoms with E-state index in [1.54, 1.807) is 11.3 Å². The van der Waals surface area contributed by atoms with Crippen molar-refractivity contribution in [2.45, 2.75) is 6.61 Å². The molecule has 136 valence electrons. The second kappa shape index (κ2) is 7.38. The Hall–Kier alpha value is -2.69. The predicted molar refractivity (Wildman–Crippen MR) is 121 cm³/mol. The molecule has 0 aliphatic rings. The van der Waals surface area contributed by atoms with Crippen LogP contribution < -0.4 is 4.74 Å². The molecule has 0 bridgehead atoms. The largest absolute Gasteiger partial charge is 0.488 e. The smallest absolute Gasteiger partial charge is 0.130 e. The van der Waals surface area contributed by atoms with Gasteiger partial charge in [-0.05, 0) is 46.7 Å². The molecular weight excluding hydrogens is 430 g/mol. The van der Waals surface area contributed by atoms with Gasteiger partial charge in [-0.2, -0.15) is 0 Å². The maximum Gasteiger partial charge on any atom is 0.130 e. The number of hydrogen-bond acceptors (Lipinski definition) is 3. The van der Waals surface area contributed by atoms with Gasteiger partial charge < -0.3 is 4.74 Å². The summed E-state index contributed by atoms with van der Waals surface area (Å²) < 4.78 is 8.52. The van der Waals surface area contributed by atoms with Gasteiger partial charge in [-0.1, -0.05) is 70.5 Å². The zero-order valence-electron chi connectivity index (χ0n) is 14.9. The van der Waals surface area contributed by atoms with E-state index < -0.39 is 0 Å². The molecule has 0 atom stereocenters. The molecule has 0 radical (unpaired) electrons. The summed E-state index contributed by atoms with van der Waals surface area (Å²) in [5.41, 5.74) is 3.22. The first-order valence-corrected chi connectivity index (χ1v) is 10.6. The summed E-state index contributed by atoms with van der Waals surface area (Å²) in [5, 5.41) is 3.34. The minimum Gasteiger partial charge on any atom is -0.488 e. The molecule has 0 unspecified atom stereocenters. The number of fused-ring (bicyclic) bond motifs is 2. The van der Waals surface area contributed by atoms with Crippen molar-refractivity contribution in [1.82, 2.24) is 4.98 Å².